The van der Waals surface area contributed by atoms with Gasteiger partial charge in [0.2, 0.25) is 5.91 Å². The monoisotopic (exact) mass is 282 g/mol. The Kier molecular flexibility index (Phi) is 3.31. The molecule has 2 amide bonds. The summed E-state index contributed by atoms with van der Waals surface area (Å²) in [4.78, 5) is 26.1. The predicted molar refractivity (Wildman–Crippen MR) is 79.7 cm³/mol. The van der Waals surface area contributed by atoms with Gasteiger partial charge >= 0.3 is 0 Å². The molecular formula is C16H14N2O3. The summed E-state index contributed by atoms with van der Waals surface area (Å²) in [6.45, 7) is -0.0140. The number of amides is 2. The lowest BCUT2D eigenvalue weighted by Crippen LogP contribution is -2.34. The Morgan fingerprint density at radius 2 is 1.76 bits per heavy atom. The highest BCUT2D eigenvalue weighted by molar-refractivity contribution is 6.16. The molecule has 0 saturated heterocycles. The van der Waals surface area contributed by atoms with Crippen molar-refractivity contribution in [2.45, 2.75) is 0 Å². The number of rotatable bonds is 2. The van der Waals surface area contributed by atoms with E-state index in [1.165, 1.54) is 4.90 Å². The standard InChI is InChI=1S/C16H14N2O3/c1-21-12-8-6-11(7-9-12)18-10-15(19)17-14-5-3-2-4-13(14)16(18)20/h2-9H,10H2,1H3,(H,17,19). The molecule has 3 rings (SSSR count). The van der Waals surface area contributed by atoms with Crippen molar-refractivity contribution in [2.75, 3.05) is 23.9 Å². The second-order valence-electron chi connectivity index (χ2n) is 4.68. The van der Waals surface area contributed by atoms with E-state index in [1.54, 1.807) is 55.6 Å². The summed E-state index contributed by atoms with van der Waals surface area (Å²) in [5.41, 5.74) is 1.69. The van der Waals surface area contributed by atoms with Crippen LogP contribution in [0.4, 0.5) is 11.4 Å². The van der Waals surface area contributed by atoms with Crippen LogP contribution in [0.15, 0.2) is 48.5 Å². The number of nitrogens with one attached hydrogen (secondary N) is 1. The summed E-state index contributed by atoms with van der Waals surface area (Å²) in [5.74, 6) is 0.282. The second kappa shape index (κ2) is 5.28. The van der Waals surface area contributed by atoms with Crippen LogP contribution >= 0.6 is 0 Å². The fraction of sp³-hybridized carbons (Fsp3) is 0.125. The van der Waals surface area contributed by atoms with E-state index >= 15 is 0 Å². The maximum absolute atomic E-state index is 12.6. The van der Waals surface area contributed by atoms with Gasteiger partial charge in [-0.25, -0.2) is 0 Å². The number of ether oxygens (including phenoxy) is 1. The zero-order valence-corrected chi connectivity index (χ0v) is 11.5. The molecule has 0 aliphatic carbocycles. The SMILES string of the molecule is COc1ccc(N2CC(=O)Nc3ccccc3C2=O)cc1. The number of hydrogen-bond acceptors (Lipinski definition) is 3. The molecule has 0 fully saturated rings. The lowest BCUT2D eigenvalue weighted by molar-refractivity contribution is -0.114. The normalized spacial score (nSPS) is 14.2. The Balaban J connectivity index is 2.02. The molecule has 0 saturated carbocycles. The summed E-state index contributed by atoms with van der Waals surface area (Å²) in [5, 5.41) is 2.75. The molecule has 0 bridgehead atoms. The number of hydrogen-bond donors (Lipinski definition) is 1. The van der Waals surface area contributed by atoms with E-state index in [0.717, 1.165) is 0 Å². The quantitative estimate of drug-likeness (QED) is 0.919. The molecule has 5 heteroatoms. The summed E-state index contributed by atoms with van der Waals surface area (Å²) in [7, 11) is 1.58. The number of carbonyl (C=O) groups is 2. The molecule has 21 heavy (non-hydrogen) atoms. The Morgan fingerprint density at radius 3 is 2.48 bits per heavy atom. The lowest BCUT2D eigenvalue weighted by Gasteiger charge is -2.20. The van der Waals surface area contributed by atoms with Crippen molar-refractivity contribution in [3.8, 4) is 5.75 Å². The number of methoxy groups -OCH3 is 1. The number of benzene rings is 2. The van der Waals surface area contributed by atoms with Crippen LogP contribution < -0.4 is 15.0 Å². The molecule has 0 spiro atoms. The van der Waals surface area contributed by atoms with Gasteiger partial charge in [0, 0.05) is 5.69 Å². The molecule has 2 aromatic carbocycles. The minimum atomic E-state index is -0.218. The lowest BCUT2D eigenvalue weighted by atomic mass is 10.1. The highest BCUT2D eigenvalue weighted by Gasteiger charge is 2.26. The highest BCUT2D eigenvalue weighted by Crippen LogP contribution is 2.26. The third-order valence-corrected chi connectivity index (χ3v) is 3.36. The third-order valence-electron chi connectivity index (χ3n) is 3.36. The summed E-state index contributed by atoms with van der Waals surface area (Å²) in [6, 6.07) is 14.0. The summed E-state index contributed by atoms with van der Waals surface area (Å²) in [6.07, 6.45) is 0. The molecule has 0 radical (unpaired) electrons. The number of para-hydroxylation sites is 1. The Labute approximate surface area is 122 Å². The zero-order valence-electron chi connectivity index (χ0n) is 11.5. The van der Waals surface area contributed by atoms with Crippen molar-refractivity contribution in [3.63, 3.8) is 0 Å². The first kappa shape index (κ1) is 13.2. The zero-order chi connectivity index (χ0) is 14.8. The Hall–Kier alpha value is -2.82. The molecular weight excluding hydrogens is 268 g/mol. The van der Waals surface area contributed by atoms with Crippen LogP contribution in [0.25, 0.3) is 0 Å². The second-order valence-corrected chi connectivity index (χ2v) is 4.68. The molecule has 5 nitrogen and oxygen atoms in total. The number of anilines is 2. The van der Waals surface area contributed by atoms with Crippen LogP contribution in [0.3, 0.4) is 0 Å². The molecule has 1 aliphatic heterocycles. The van der Waals surface area contributed by atoms with Gasteiger partial charge in [0.05, 0.1) is 18.4 Å². The van der Waals surface area contributed by atoms with E-state index < -0.39 is 0 Å². The average Bonchev–Trinajstić information content (AvgIpc) is 2.64. The Bertz CT molecular complexity index is 695. The van der Waals surface area contributed by atoms with Crippen molar-refractivity contribution < 1.29 is 14.3 Å². The van der Waals surface area contributed by atoms with E-state index in [2.05, 4.69) is 5.32 Å². The molecule has 2 aromatic rings. The molecule has 0 aromatic heterocycles. The minimum absolute atomic E-state index is 0.0140. The minimum Gasteiger partial charge on any atom is -0.497 e. The fourth-order valence-electron chi connectivity index (χ4n) is 2.30. The Morgan fingerprint density at radius 1 is 1.05 bits per heavy atom. The predicted octanol–water partition coefficient (Wildman–Crippen LogP) is 2.29. The van der Waals surface area contributed by atoms with Gasteiger partial charge in [-0.3, -0.25) is 14.5 Å². The molecule has 0 unspecified atom stereocenters. The van der Waals surface area contributed by atoms with Gasteiger partial charge in [0.15, 0.2) is 0 Å². The van der Waals surface area contributed by atoms with Crippen LogP contribution in [-0.2, 0) is 4.79 Å². The summed E-state index contributed by atoms with van der Waals surface area (Å²) < 4.78 is 5.10. The van der Waals surface area contributed by atoms with Gasteiger partial charge < -0.3 is 10.1 Å². The van der Waals surface area contributed by atoms with Gasteiger partial charge in [-0.05, 0) is 36.4 Å². The van der Waals surface area contributed by atoms with Gasteiger partial charge in [-0.2, -0.15) is 0 Å². The van der Waals surface area contributed by atoms with Gasteiger partial charge in [0.1, 0.15) is 12.3 Å². The first-order valence-corrected chi connectivity index (χ1v) is 6.54. The van der Waals surface area contributed by atoms with E-state index in [-0.39, 0.29) is 18.4 Å². The largest absolute Gasteiger partial charge is 0.497 e. The smallest absolute Gasteiger partial charge is 0.260 e. The number of nitrogens with zero attached hydrogens (tertiary/aromatic N) is 1. The third kappa shape index (κ3) is 2.45. The van der Waals surface area contributed by atoms with Crippen molar-refractivity contribution in [3.05, 3.63) is 54.1 Å². The van der Waals surface area contributed by atoms with Crippen LogP contribution in [-0.4, -0.2) is 25.5 Å². The molecule has 1 aliphatic rings. The average molecular weight is 282 g/mol. The first-order valence-electron chi connectivity index (χ1n) is 6.54. The maximum atomic E-state index is 12.6. The van der Waals surface area contributed by atoms with Crippen LogP contribution in [0.2, 0.25) is 0 Å². The van der Waals surface area contributed by atoms with Crippen molar-refractivity contribution in [1.82, 2.24) is 0 Å². The number of carbonyl (C=O) groups excluding carboxylic acids is 2. The van der Waals surface area contributed by atoms with Crippen molar-refractivity contribution in [1.29, 1.82) is 0 Å². The van der Waals surface area contributed by atoms with E-state index in [9.17, 15) is 9.59 Å². The maximum Gasteiger partial charge on any atom is 0.260 e. The van der Waals surface area contributed by atoms with E-state index in [0.29, 0.717) is 22.7 Å². The highest BCUT2D eigenvalue weighted by atomic mass is 16.5. The first-order chi connectivity index (χ1) is 10.2. The van der Waals surface area contributed by atoms with Crippen LogP contribution in [0.1, 0.15) is 10.4 Å². The van der Waals surface area contributed by atoms with E-state index in [4.69, 9.17) is 4.74 Å². The van der Waals surface area contributed by atoms with Gasteiger partial charge in [0.25, 0.3) is 5.91 Å². The topological polar surface area (TPSA) is 58.6 Å². The summed E-state index contributed by atoms with van der Waals surface area (Å²) >= 11 is 0. The molecule has 106 valence electrons. The van der Waals surface area contributed by atoms with Gasteiger partial charge in [-0.1, -0.05) is 12.1 Å². The molecule has 1 heterocycles. The van der Waals surface area contributed by atoms with Crippen molar-refractivity contribution >= 4 is 23.2 Å². The van der Waals surface area contributed by atoms with E-state index in [1.807, 2.05) is 0 Å². The molecule has 1 N–H and O–H groups in total. The van der Waals surface area contributed by atoms with Crippen LogP contribution in [0.5, 0.6) is 5.75 Å². The van der Waals surface area contributed by atoms with Crippen molar-refractivity contribution in [2.24, 2.45) is 0 Å². The molecule has 0 atom stereocenters. The van der Waals surface area contributed by atoms with Gasteiger partial charge in [-0.15, -0.1) is 0 Å². The number of fused-ring (bicyclic) bond motifs is 1. The fourth-order valence-corrected chi connectivity index (χ4v) is 2.30. The van der Waals surface area contributed by atoms with Crippen LogP contribution in [0, 0.1) is 0 Å².